The number of ether oxygens (including phenoxy) is 2. The van der Waals surface area contributed by atoms with E-state index in [4.69, 9.17) is 9.47 Å². The number of esters is 1. The Balaban J connectivity index is 1.99. The third-order valence-corrected chi connectivity index (χ3v) is 4.52. The minimum Gasteiger partial charge on any atom is -0.497 e. The van der Waals surface area contributed by atoms with Crippen molar-refractivity contribution in [1.29, 1.82) is 0 Å². The molecule has 27 heavy (non-hydrogen) atoms. The van der Waals surface area contributed by atoms with Crippen molar-refractivity contribution in [3.63, 3.8) is 0 Å². The first-order valence-corrected chi connectivity index (χ1v) is 9.13. The van der Waals surface area contributed by atoms with E-state index in [-0.39, 0.29) is 18.3 Å². The molecular weight excluding hydrogens is 342 g/mol. The van der Waals surface area contributed by atoms with E-state index >= 15 is 0 Å². The Morgan fingerprint density at radius 3 is 2.15 bits per heavy atom. The lowest BCUT2D eigenvalue weighted by Gasteiger charge is -2.18. The second-order valence-electron chi connectivity index (χ2n) is 6.34. The van der Waals surface area contributed by atoms with Crippen LogP contribution in [-0.4, -0.2) is 26.1 Å². The Morgan fingerprint density at radius 1 is 0.963 bits per heavy atom. The Morgan fingerprint density at radius 2 is 1.59 bits per heavy atom. The Bertz CT molecular complexity index is 738. The monoisotopic (exact) mass is 369 g/mol. The van der Waals surface area contributed by atoms with Crippen LogP contribution in [0.2, 0.25) is 0 Å². The first kappa shape index (κ1) is 20.5. The summed E-state index contributed by atoms with van der Waals surface area (Å²) < 4.78 is 9.92. The smallest absolute Gasteiger partial charge is 0.307 e. The zero-order valence-electron chi connectivity index (χ0n) is 16.2. The lowest BCUT2D eigenvalue weighted by molar-refractivity contribution is -0.141. The highest BCUT2D eigenvalue weighted by Crippen LogP contribution is 2.21. The van der Waals surface area contributed by atoms with Gasteiger partial charge in [-0.1, -0.05) is 43.3 Å². The van der Waals surface area contributed by atoms with Gasteiger partial charge in [0.15, 0.2) is 0 Å². The van der Waals surface area contributed by atoms with Crippen LogP contribution in [0.25, 0.3) is 0 Å². The van der Waals surface area contributed by atoms with Crippen LogP contribution in [0.3, 0.4) is 0 Å². The molecule has 0 saturated carbocycles. The van der Waals surface area contributed by atoms with Crippen molar-refractivity contribution in [3.05, 3.63) is 65.2 Å². The molecule has 0 aromatic heterocycles. The van der Waals surface area contributed by atoms with Gasteiger partial charge in [-0.15, -0.1) is 0 Å². The normalized spacial score (nSPS) is 11.5. The van der Waals surface area contributed by atoms with E-state index in [2.05, 4.69) is 36.5 Å². The summed E-state index contributed by atoms with van der Waals surface area (Å²) in [4.78, 5) is 24.2. The Hall–Kier alpha value is -2.82. The van der Waals surface area contributed by atoms with Crippen LogP contribution < -0.4 is 10.1 Å². The summed E-state index contributed by atoms with van der Waals surface area (Å²) in [5, 5.41) is 2.95. The molecule has 5 nitrogen and oxygen atoms in total. The molecule has 0 aliphatic heterocycles. The molecule has 0 radical (unpaired) electrons. The van der Waals surface area contributed by atoms with Crippen LogP contribution in [0.4, 0.5) is 0 Å². The number of carbonyl (C=O) groups excluding carboxylic acids is 2. The van der Waals surface area contributed by atoms with Gasteiger partial charge in [-0.3, -0.25) is 9.59 Å². The molecule has 0 fully saturated rings. The molecule has 0 saturated heterocycles. The molecule has 144 valence electrons. The lowest BCUT2D eigenvalue weighted by atomic mass is 10.0. The van der Waals surface area contributed by atoms with Gasteiger partial charge in [-0.25, -0.2) is 0 Å². The number of hydrogen-bond donors (Lipinski definition) is 1. The highest BCUT2D eigenvalue weighted by atomic mass is 16.5. The van der Waals surface area contributed by atoms with Gasteiger partial charge in [-0.2, -0.15) is 0 Å². The van der Waals surface area contributed by atoms with Crippen molar-refractivity contribution in [2.75, 3.05) is 14.2 Å². The average Bonchev–Trinajstić information content (AvgIpc) is 2.72. The molecule has 2 aromatic rings. The molecular formula is C22H27NO4. The van der Waals surface area contributed by atoms with Crippen molar-refractivity contribution in [2.45, 2.75) is 38.6 Å². The van der Waals surface area contributed by atoms with Crippen molar-refractivity contribution in [3.8, 4) is 5.75 Å². The van der Waals surface area contributed by atoms with E-state index in [9.17, 15) is 9.59 Å². The number of nitrogens with one attached hydrogen (secondary N) is 1. The van der Waals surface area contributed by atoms with Gasteiger partial charge >= 0.3 is 5.97 Å². The van der Waals surface area contributed by atoms with Crippen molar-refractivity contribution >= 4 is 11.9 Å². The van der Waals surface area contributed by atoms with Crippen LogP contribution in [0.15, 0.2) is 48.5 Å². The molecule has 5 heteroatoms. The summed E-state index contributed by atoms with van der Waals surface area (Å²) in [6.07, 6.45) is 2.10. The third kappa shape index (κ3) is 6.44. The highest BCUT2D eigenvalue weighted by molar-refractivity contribution is 5.78. The van der Waals surface area contributed by atoms with Crippen LogP contribution >= 0.6 is 0 Å². The second-order valence-corrected chi connectivity index (χ2v) is 6.34. The Labute approximate surface area is 160 Å². The maximum absolute atomic E-state index is 12.4. The Kier molecular flexibility index (Phi) is 7.86. The maximum Gasteiger partial charge on any atom is 0.307 e. The molecule has 0 spiro atoms. The van der Waals surface area contributed by atoms with Crippen LogP contribution in [0.1, 0.15) is 42.5 Å². The molecule has 1 N–H and O–H groups in total. The van der Waals surface area contributed by atoms with Gasteiger partial charge in [0.1, 0.15) is 5.75 Å². The van der Waals surface area contributed by atoms with Crippen LogP contribution in [0, 0.1) is 0 Å². The molecule has 1 amide bonds. The van der Waals surface area contributed by atoms with Gasteiger partial charge in [-0.05, 0) is 41.7 Å². The standard InChI is InChI=1S/C22H27NO4/c1-4-16-5-7-17(8-6-16)9-14-21(24)23-20(15-22(25)27-3)18-10-12-19(26-2)13-11-18/h5-8,10-13,20H,4,9,14-15H2,1-3H3,(H,23,24). The molecule has 2 rings (SSSR count). The minimum absolute atomic E-state index is 0.0831. The van der Waals surface area contributed by atoms with E-state index in [0.717, 1.165) is 23.3 Å². The molecule has 0 heterocycles. The lowest BCUT2D eigenvalue weighted by Crippen LogP contribution is -2.30. The summed E-state index contributed by atoms with van der Waals surface area (Å²) in [6.45, 7) is 2.11. The fourth-order valence-corrected chi connectivity index (χ4v) is 2.80. The quantitative estimate of drug-likeness (QED) is 0.686. The molecule has 0 bridgehead atoms. The molecule has 0 aliphatic rings. The van der Waals surface area contributed by atoms with Crippen LogP contribution in [0.5, 0.6) is 5.75 Å². The zero-order chi connectivity index (χ0) is 19.6. The molecule has 1 atom stereocenters. The summed E-state index contributed by atoms with van der Waals surface area (Å²) in [6, 6.07) is 15.2. The van der Waals surface area contributed by atoms with Gasteiger partial charge in [0.05, 0.1) is 26.7 Å². The predicted octanol–water partition coefficient (Wildman–Crippen LogP) is 3.61. The maximum atomic E-state index is 12.4. The zero-order valence-corrected chi connectivity index (χ0v) is 16.2. The number of rotatable bonds is 9. The number of methoxy groups -OCH3 is 2. The highest BCUT2D eigenvalue weighted by Gasteiger charge is 2.19. The second kappa shape index (κ2) is 10.4. The first-order valence-electron chi connectivity index (χ1n) is 9.13. The van der Waals surface area contributed by atoms with Crippen molar-refractivity contribution < 1.29 is 19.1 Å². The number of amides is 1. The summed E-state index contributed by atoms with van der Waals surface area (Å²) in [5.41, 5.74) is 3.24. The largest absolute Gasteiger partial charge is 0.497 e. The first-order chi connectivity index (χ1) is 13.0. The predicted molar refractivity (Wildman–Crippen MR) is 105 cm³/mol. The topological polar surface area (TPSA) is 64.6 Å². The molecule has 0 aliphatic carbocycles. The summed E-state index contributed by atoms with van der Waals surface area (Å²) >= 11 is 0. The number of benzene rings is 2. The van der Waals surface area contributed by atoms with Crippen molar-refractivity contribution in [1.82, 2.24) is 5.32 Å². The van der Waals surface area contributed by atoms with E-state index in [1.54, 1.807) is 19.2 Å². The fourth-order valence-electron chi connectivity index (χ4n) is 2.80. The van der Waals surface area contributed by atoms with Crippen molar-refractivity contribution in [2.24, 2.45) is 0 Å². The SMILES string of the molecule is CCc1ccc(CCC(=O)NC(CC(=O)OC)c2ccc(OC)cc2)cc1. The van der Waals surface area contributed by atoms with E-state index in [0.29, 0.717) is 12.8 Å². The summed E-state index contributed by atoms with van der Waals surface area (Å²) in [5.74, 6) is 0.253. The van der Waals surface area contributed by atoms with Gasteiger partial charge in [0, 0.05) is 6.42 Å². The third-order valence-electron chi connectivity index (χ3n) is 4.52. The number of carbonyl (C=O) groups is 2. The van der Waals surface area contributed by atoms with Gasteiger partial charge < -0.3 is 14.8 Å². The number of aryl methyl sites for hydroxylation is 2. The van der Waals surface area contributed by atoms with Crippen LogP contribution in [-0.2, 0) is 27.2 Å². The fraction of sp³-hybridized carbons (Fsp3) is 0.364. The van der Waals surface area contributed by atoms with Gasteiger partial charge in [0.25, 0.3) is 0 Å². The van der Waals surface area contributed by atoms with E-state index in [1.165, 1.54) is 12.7 Å². The average molecular weight is 369 g/mol. The molecule has 2 aromatic carbocycles. The number of hydrogen-bond acceptors (Lipinski definition) is 4. The van der Waals surface area contributed by atoms with E-state index < -0.39 is 6.04 Å². The minimum atomic E-state index is -0.432. The molecule has 1 unspecified atom stereocenters. The van der Waals surface area contributed by atoms with E-state index in [1.807, 2.05) is 12.1 Å². The van der Waals surface area contributed by atoms with Gasteiger partial charge in [0.2, 0.25) is 5.91 Å². The summed E-state index contributed by atoms with van der Waals surface area (Å²) in [7, 11) is 2.94.